The molecule has 0 aliphatic carbocycles. The molecule has 2 aromatic rings. The fourth-order valence-corrected chi connectivity index (χ4v) is 5.64. The lowest BCUT2D eigenvalue weighted by Crippen LogP contribution is -2.55. The molecule has 2 aliphatic heterocycles. The summed E-state index contributed by atoms with van der Waals surface area (Å²) < 4.78 is 44.8. The molecule has 2 aromatic carbocycles. The molecule has 0 spiro atoms. The van der Waals surface area contributed by atoms with Crippen LogP contribution in [-0.4, -0.2) is 70.7 Å². The maximum absolute atomic E-state index is 13.7. The Morgan fingerprint density at radius 3 is 2.42 bits per heavy atom. The molecule has 1 fully saturated rings. The van der Waals surface area contributed by atoms with Crippen LogP contribution in [-0.2, 0) is 26.0 Å². The number of carbonyl (C=O) groups excluding carboxylic acids is 2. The number of piperazine rings is 1. The first-order valence-electron chi connectivity index (χ1n) is 12.1. The van der Waals surface area contributed by atoms with Crippen LogP contribution in [0.5, 0.6) is 0 Å². The van der Waals surface area contributed by atoms with Crippen LogP contribution in [0.4, 0.5) is 20.6 Å². The minimum atomic E-state index is -4.01. The highest BCUT2D eigenvalue weighted by molar-refractivity contribution is 7.90. The van der Waals surface area contributed by atoms with Gasteiger partial charge in [0.15, 0.2) is 0 Å². The first-order chi connectivity index (χ1) is 17.2. The molecule has 0 unspecified atom stereocenters. The molecular weight excluding hydrogens is 487 g/mol. The Hall–Kier alpha value is -3.34. The van der Waals surface area contributed by atoms with E-state index >= 15 is 0 Å². The molecule has 0 bridgehead atoms. The smallest absolute Gasteiger partial charge is 0.421 e. The Bertz CT molecular complexity index is 1210. The van der Waals surface area contributed by atoms with Crippen molar-refractivity contribution in [2.75, 3.05) is 49.1 Å². The first-order valence-corrected chi connectivity index (χ1v) is 13.6. The number of nitrogens with one attached hydrogen (secondary N) is 1. The normalized spacial score (nSPS) is 16.8. The molecule has 2 amide bonds. The second-order valence-electron chi connectivity index (χ2n) is 8.88. The number of carbonyl (C=O) groups is 2. The van der Waals surface area contributed by atoms with Crippen LogP contribution in [0.1, 0.15) is 25.8 Å². The van der Waals surface area contributed by atoms with Crippen molar-refractivity contribution in [3.05, 3.63) is 53.8 Å². The van der Waals surface area contributed by atoms with Gasteiger partial charge in [-0.1, -0.05) is 0 Å². The van der Waals surface area contributed by atoms with E-state index in [4.69, 9.17) is 0 Å². The highest BCUT2D eigenvalue weighted by atomic mass is 32.2. The first kappa shape index (κ1) is 25.7. The van der Waals surface area contributed by atoms with Crippen LogP contribution < -0.4 is 14.5 Å². The SMILES string of the molecule is CCOC(=O)NS(=O)(=O)c1ccc(N2CCN(C(=O)[C@@H](C)N3CCCc4cc(F)ccc43)CC2)cc1. The molecule has 11 heteroatoms. The highest BCUT2D eigenvalue weighted by Crippen LogP contribution is 2.30. The number of nitrogens with zero attached hydrogens (tertiary/aromatic N) is 3. The van der Waals surface area contributed by atoms with Crippen LogP contribution >= 0.6 is 0 Å². The average Bonchev–Trinajstić information content (AvgIpc) is 2.87. The summed E-state index contributed by atoms with van der Waals surface area (Å²) >= 11 is 0. The number of rotatable bonds is 6. The Kier molecular flexibility index (Phi) is 7.67. The van der Waals surface area contributed by atoms with Crippen LogP contribution in [0.15, 0.2) is 47.4 Å². The van der Waals surface area contributed by atoms with Crippen LogP contribution in [0.3, 0.4) is 0 Å². The van der Waals surface area contributed by atoms with Crippen molar-refractivity contribution in [1.82, 2.24) is 9.62 Å². The van der Waals surface area contributed by atoms with E-state index in [1.54, 1.807) is 31.2 Å². The minimum Gasteiger partial charge on any atom is -0.449 e. The van der Waals surface area contributed by atoms with E-state index in [1.807, 2.05) is 16.5 Å². The summed E-state index contributed by atoms with van der Waals surface area (Å²) in [6, 6.07) is 10.7. The van der Waals surface area contributed by atoms with Crippen molar-refractivity contribution in [2.45, 2.75) is 37.6 Å². The number of fused-ring (bicyclic) bond motifs is 1. The van der Waals surface area contributed by atoms with Crippen LogP contribution in [0.2, 0.25) is 0 Å². The molecule has 36 heavy (non-hydrogen) atoms. The van der Waals surface area contributed by atoms with E-state index < -0.39 is 16.1 Å². The van der Waals surface area contributed by atoms with Crippen molar-refractivity contribution in [2.24, 2.45) is 0 Å². The van der Waals surface area contributed by atoms with Gasteiger partial charge in [-0.25, -0.2) is 22.3 Å². The number of amides is 2. The summed E-state index contributed by atoms with van der Waals surface area (Å²) in [5.41, 5.74) is 2.69. The summed E-state index contributed by atoms with van der Waals surface area (Å²) in [7, 11) is -4.01. The molecule has 0 saturated carbocycles. The van der Waals surface area contributed by atoms with E-state index in [0.29, 0.717) is 26.2 Å². The Morgan fingerprint density at radius 1 is 1.06 bits per heavy atom. The third-order valence-corrected chi connectivity index (χ3v) is 7.95. The van der Waals surface area contributed by atoms with E-state index in [2.05, 4.69) is 14.5 Å². The molecule has 2 heterocycles. The monoisotopic (exact) mass is 518 g/mol. The Balaban J connectivity index is 1.35. The van der Waals surface area contributed by atoms with E-state index in [9.17, 15) is 22.4 Å². The lowest BCUT2D eigenvalue weighted by Gasteiger charge is -2.41. The molecule has 9 nitrogen and oxygen atoms in total. The van der Waals surface area contributed by atoms with E-state index in [0.717, 1.165) is 36.3 Å². The fourth-order valence-electron chi connectivity index (χ4n) is 4.74. The molecule has 194 valence electrons. The molecular formula is C25H31FN4O5S. The number of benzene rings is 2. The number of anilines is 2. The van der Waals surface area contributed by atoms with Crippen molar-refractivity contribution in [3.63, 3.8) is 0 Å². The van der Waals surface area contributed by atoms with Gasteiger partial charge in [0.2, 0.25) is 5.91 Å². The van der Waals surface area contributed by atoms with E-state index in [1.165, 1.54) is 18.2 Å². The number of sulfonamides is 1. The number of hydrogen-bond donors (Lipinski definition) is 1. The maximum atomic E-state index is 13.7. The van der Waals surface area contributed by atoms with E-state index in [-0.39, 0.29) is 29.3 Å². The molecule has 0 aromatic heterocycles. The summed E-state index contributed by atoms with van der Waals surface area (Å²) in [6.45, 7) is 6.60. The summed E-state index contributed by atoms with van der Waals surface area (Å²) in [5.74, 6) is -0.218. The second-order valence-corrected chi connectivity index (χ2v) is 10.6. The number of halogens is 1. The lowest BCUT2D eigenvalue weighted by atomic mass is 9.99. The van der Waals surface area contributed by atoms with Crippen molar-refractivity contribution in [1.29, 1.82) is 0 Å². The zero-order valence-corrected chi connectivity index (χ0v) is 21.3. The fraction of sp³-hybridized carbons (Fsp3) is 0.440. The Morgan fingerprint density at radius 2 is 1.75 bits per heavy atom. The minimum absolute atomic E-state index is 0.0383. The number of aryl methyl sites for hydroxylation is 1. The third kappa shape index (κ3) is 5.56. The van der Waals surface area contributed by atoms with Gasteiger partial charge in [0.25, 0.3) is 10.0 Å². The van der Waals surface area contributed by atoms with Gasteiger partial charge in [-0.3, -0.25) is 4.79 Å². The molecule has 1 atom stereocenters. The number of hydrogen-bond acceptors (Lipinski definition) is 7. The molecule has 0 radical (unpaired) electrons. The maximum Gasteiger partial charge on any atom is 0.421 e. The summed E-state index contributed by atoms with van der Waals surface area (Å²) in [6.07, 6.45) is 0.669. The summed E-state index contributed by atoms with van der Waals surface area (Å²) in [4.78, 5) is 30.7. The molecule has 1 N–H and O–H groups in total. The highest BCUT2D eigenvalue weighted by Gasteiger charge is 2.31. The lowest BCUT2D eigenvalue weighted by molar-refractivity contribution is -0.132. The van der Waals surface area contributed by atoms with Crippen molar-refractivity contribution in [3.8, 4) is 0 Å². The third-order valence-electron chi connectivity index (χ3n) is 6.62. The molecule has 4 rings (SSSR count). The van der Waals surface area contributed by atoms with Crippen LogP contribution in [0.25, 0.3) is 0 Å². The van der Waals surface area contributed by atoms with Gasteiger partial charge in [0.05, 0.1) is 11.5 Å². The predicted octanol–water partition coefficient (Wildman–Crippen LogP) is 2.75. The van der Waals surface area contributed by atoms with Gasteiger partial charge in [-0.2, -0.15) is 0 Å². The standard InChI is InChI=1S/C25H31FN4O5S/c1-3-35-25(32)27-36(33,34)22-9-7-21(8-10-22)28-13-15-29(16-14-28)24(31)18(2)30-12-4-5-19-17-20(26)6-11-23(19)30/h6-11,17-18H,3-5,12-16H2,1-2H3,(H,27,32)/t18-/m1/s1. The van der Waals surface area contributed by atoms with Crippen LogP contribution in [0, 0.1) is 5.82 Å². The average molecular weight is 519 g/mol. The van der Waals surface area contributed by atoms with Gasteiger partial charge in [0.1, 0.15) is 11.9 Å². The zero-order valence-electron chi connectivity index (χ0n) is 20.4. The van der Waals surface area contributed by atoms with Crippen molar-refractivity contribution >= 4 is 33.4 Å². The van der Waals surface area contributed by atoms with Gasteiger partial charge in [-0.15, -0.1) is 0 Å². The molecule has 1 saturated heterocycles. The largest absolute Gasteiger partial charge is 0.449 e. The summed E-state index contributed by atoms with van der Waals surface area (Å²) in [5, 5.41) is 0. The van der Waals surface area contributed by atoms with Crippen molar-refractivity contribution < 1.29 is 27.1 Å². The molecule has 2 aliphatic rings. The van der Waals surface area contributed by atoms with Gasteiger partial charge >= 0.3 is 6.09 Å². The quantitative estimate of drug-likeness (QED) is 0.628. The second kappa shape index (κ2) is 10.7. The van der Waals surface area contributed by atoms with Gasteiger partial charge in [0, 0.05) is 44.1 Å². The van der Waals surface area contributed by atoms with Gasteiger partial charge < -0.3 is 19.4 Å². The zero-order chi connectivity index (χ0) is 25.9. The Labute approximate surface area is 210 Å². The topological polar surface area (TPSA) is 99.3 Å². The van der Waals surface area contributed by atoms with Gasteiger partial charge in [-0.05, 0) is 74.7 Å². The predicted molar refractivity (Wildman–Crippen MR) is 134 cm³/mol. The number of ether oxygens (including phenoxy) is 1.